The Morgan fingerprint density at radius 3 is 2.68 bits per heavy atom. The number of hydrogen-bond donors (Lipinski definition) is 3. The van der Waals surface area contributed by atoms with Crippen molar-refractivity contribution in [2.24, 2.45) is 17.6 Å². The van der Waals surface area contributed by atoms with Crippen LogP contribution < -0.4 is 5.73 Å². The SMILES string of the molecule is COCCCCC(O)(c1ccc(C#N)cc1-c1ccccc1)C1CCCN(C(=O)C2CC(N)C(O)C2)C1. The van der Waals surface area contributed by atoms with Crippen LogP contribution in [0, 0.1) is 23.2 Å². The molecular weight excluding hydrogens is 466 g/mol. The maximum Gasteiger partial charge on any atom is 0.225 e. The molecule has 5 atom stereocenters. The van der Waals surface area contributed by atoms with Gasteiger partial charge in [0.25, 0.3) is 0 Å². The van der Waals surface area contributed by atoms with Gasteiger partial charge in [-0.15, -0.1) is 0 Å². The molecule has 1 saturated carbocycles. The Labute approximate surface area is 219 Å². The average Bonchev–Trinajstić information content (AvgIpc) is 3.28. The highest BCUT2D eigenvalue weighted by Gasteiger charge is 2.44. The van der Waals surface area contributed by atoms with Crippen LogP contribution in [0.25, 0.3) is 11.1 Å². The van der Waals surface area contributed by atoms with Crippen molar-refractivity contribution >= 4 is 5.91 Å². The van der Waals surface area contributed by atoms with Gasteiger partial charge in [0.05, 0.1) is 23.3 Å². The molecule has 4 N–H and O–H groups in total. The van der Waals surface area contributed by atoms with Crippen LogP contribution in [-0.2, 0) is 15.1 Å². The number of methoxy groups -OCH3 is 1. The zero-order valence-electron chi connectivity index (χ0n) is 21.7. The molecule has 2 aromatic rings. The lowest BCUT2D eigenvalue weighted by Crippen LogP contribution is -2.49. The van der Waals surface area contributed by atoms with Crippen LogP contribution in [0.4, 0.5) is 0 Å². The van der Waals surface area contributed by atoms with Gasteiger partial charge in [0.1, 0.15) is 0 Å². The summed E-state index contributed by atoms with van der Waals surface area (Å²) >= 11 is 0. The summed E-state index contributed by atoms with van der Waals surface area (Å²) in [5, 5.41) is 32.2. The number of amides is 1. The number of nitrogens with two attached hydrogens (primary N) is 1. The predicted octanol–water partition coefficient (Wildman–Crippen LogP) is 3.57. The highest BCUT2D eigenvalue weighted by Crippen LogP contribution is 2.44. The molecule has 1 aliphatic carbocycles. The molecule has 2 aromatic carbocycles. The first-order valence-corrected chi connectivity index (χ1v) is 13.4. The van der Waals surface area contributed by atoms with E-state index in [0.717, 1.165) is 42.4 Å². The number of aliphatic hydroxyl groups is 2. The summed E-state index contributed by atoms with van der Waals surface area (Å²) in [5.74, 6) is -0.405. The van der Waals surface area contributed by atoms with E-state index >= 15 is 0 Å². The average molecular weight is 506 g/mol. The maximum absolute atomic E-state index is 13.4. The second-order valence-electron chi connectivity index (χ2n) is 10.6. The lowest BCUT2D eigenvalue weighted by molar-refractivity contribution is -0.141. The van der Waals surface area contributed by atoms with E-state index in [4.69, 9.17) is 10.5 Å². The van der Waals surface area contributed by atoms with E-state index in [9.17, 15) is 20.3 Å². The number of carbonyl (C=O) groups is 1. The van der Waals surface area contributed by atoms with Crippen LogP contribution >= 0.6 is 0 Å². The van der Waals surface area contributed by atoms with Crippen LogP contribution in [0.5, 0.6) is 0 Å². The summed E-state index contributed by atoms with van der Waals surface area (Å²) in [6.07, 6.45) is 3.98. The standard InChI is InChI=1S/C30H39N3O4/c1-37-15-6-5-13-30(36,26-12-11-21(19-31)16-25(26)22-8-3-2-4-9-22)24-10-7-14-33(20-24)29(35)23-17-27(32)28(34)18-23/h2-4,8-9,11-12,16,23-24,27-28,34,36H,5-7,10,13-15,17-18,20,32H2,1H3. The van der Waals surface area contributed by atoms with Crippen molar-refractivity contribution in [3.63, 3.8) is 0 Å². The highest BCUT2D eigenvalue weighted by atomic mass is 16.5. The zero-order valence-corrected chi connectivity index (χ0v) is 21.7. The van der Waals surface area contributed by atoms with Gasteiger partial charge in [-0.2, -0.15) is 5.26 Å². The van der Waals surface area contributed by atoms with Crippen molar-refractivity contribution < 1.29 is 19.7 Å². The van der Waals surface area contributed by atoms with Crippen LogP contribution in [-0.4, -0.2) is 60.0 Å². The van der Waals surface area contributed by atoms with Crippen molar-refractivity contribution in [3.8, 4) is 17.2 Å². The number of nitriles is 1. The molecule has 2 fully saturated rings. The number of hydrogen-bond acceptors (Lipinski definition) is 6. The van der Waals surface area contributed by atoms with Crippen molar-refractivity contribution in [2.75, 3.05) is 26.8 Å². The first kappa shape index (κ1) is 27.3. The minimum atomic E-state index is -1.18. The molecule has 2 aliphatic rings. The number of carbonyl (C=O) groups excluding carboxylic acids is 1. The smallest absolute Gasteiger partial charge is 0.225 e. The van der Waals surface area contributed by atoms with Gasteiger partial charge in [-0.05, 0) is 73.8 Å². The molecule has 1 saturated heterocycles. The lowest BCUT2D eigenvalue weighted by Gasteiger charge is -2.44. The monoisotopic (exact) mass is 505 g/mol. The zero-order chi connectivity index (χ0) is 26.4. The fraction of sp³-hybridized carbons (Fsp3) is 0.533. The van der Waals surface area contributed by atoms with Crippen LogP contribution in [0.15, 0.2) is 48.5 Å². The molecule has 1 amide bonds. The molecule has 1 aliphatic heterocycles. The van der Waals surface area contributed by atoms with Gasteiger partial charge in [0, 0.05) is 44.7 Å². The molecule has 198 valence electrons. The third-order valence-electron chi connectivity index (χ3n) is 8.19. The topological polar surface area (TPSA) is 120 Å². The Morgan fingerprint density at radius 2 is 2.00 bits per heavy atom. The van der Waals surface area contributed by atoms with E-state index in [1.165, 1.54) is 0 Å². The van der Waals surface area contributed by atoms with Crippen LogP contribution in [0.2, 0.25) is 0 Å². The summed E-state index contributed by atoms with van der Waals surface area (Å²) < 4.78 is 5.25. The van der Waals surface area contributed by atoms with Gasteiger partial charge >= 0.3 is 0 Å². The molecule has 5 unspecified atom stereocenters. The van der Waals surface area contributed by atoms with Gasteiger partial charge in [0.2, 0.25) is 5.91 Å². The number of likely N-dealkylation sites (tertiary alicyclic amines) is 1. The number of ether oxygens (including phenoxy) is 1. The van der Waals surface area contributed by atoms with Gasteiger partial charge in [0.15, 0.2) is 0 Å². The molecule has 37 heavy (non-hydrogen) atoms. The largest absolute Gasteiger partial charge is 0.391 e. The van der Waals surface area contributed by atoms with E-state index in [1.54, 1.807) is 13.2 Å². The Morgan fingerprint density at radius 1 is 1.22 bits per heavy atom. The maximum atomic E-state index is 13.4. The van der Waals surface area contributed by atoms with Crippen LogP contribution in [0.1, 0.15) is 56.1 Å². The number of benzene rings is 2. The first-order valence-electron chi connectivity index (χ1n) is 13.4. The molecule has 4 rings (SSSR count). The number of unbranched alkanes of at least 4 members (excludes halogenated alkanes) is 1. The lowest BCUT2D eigenvalue weighted by atomic mass is 9.71. The molecule has 1 heterocycles. The van der Waals surface area contributed by atoms with Crippen molar-refractivity contribution in [2.45, 2.75) is 62.7 Å². The van der Waals surface area contributed by atoms with Crippen molar-refractivity contribution in [3.05, 3.63) is 59.7 Å². The molecule has 7 heteroatoms. The summed E-state index contributed by atoms with van der Waals surface area (Å²) in [5.41, 5.74) is 7.94. The Hall–Kier alpha value is -2.76. The Balaban J connectivity index is 1.68. The van der Waals surface area contributed by atoms with Crippen molar-refractivity contribution in [1.29, 1.82) is 5.26 Å². The molecule has 7 nitrogen and oxygen atoms in total. The fourth-order valence-corrected chi connectivity index (χ4v) is 6.12. The molecular formula is C30H39N3O4. The number of aliphatic hydroxyl groups excluding tert-OH is 1. The number of rotatable bonds is 9. The summed E-state index contributed by atoms with van der Waals surface area (Å²) in [7, 11) is 1.68. The minimum Gasteiger partial charge on any atom is -0.391 e. The quantitative estimate of drug-likeness (QED) is 0.448. The van der Waals surface area contributed by atoms with Crippen molar-refractivity contribution in [1.82, 2.24) is 4.90 Å². The second kappa shape index (κ2) is 12.2. The fourth-order valence-electron chi connectivity index (χ4n) is 6.12. The van der Waals surface area contributed by atoms with Gasteiger partial charge in [-0.25, -0.2) is 0 Å². The predicted molar refractivity (Wildman–Crippen MR) is 142 cm³/mol. The Kier molecular flexibility index (Phi) is 8.99. The van der Waals surface area contributed by atoms with Crippen LogP contribution in [0.3, 0.4) is 0 Å². The number of nitrogens with zero attached hydrogens (tertiary/aromatic N) is 2. The third kappa shape index (κ3) is 6.05. The van der Waals surface area contributed by atoms with Gasteiger partial charge in [-0.1, -0.05) is 36.4 Å². The number of piperidine rings is 1. The van der Waals surface area contributed by atoms with Gasteiger partial charge in [-0.3, -0.25) is 4.79 Å². The van der Waals surface area contributed by atoms with Gasteiger partial charge < -0.3 is 25.6 Å². The molecule has 0 bridgehead atoms. The minimum absolute atomic E-state index is 0.0292. The Bertz CT molecular complexity index is 1090. The van der Waals surface area contributed by atoms with E-state index in [-0.39, 0.29) is 23.8 Å². The second-order valence-corrected chi connectivity index (χ2v) is 10.6. The molecule has 0 radical (unpaired) electrons. The van der Waals surface area contributed by atoms with E-state index in [0.29, 0.717) is 44.5 Å². The van der Waals surface area contributed by atoms with E-state index in [2.05, 4.69) is 6.07 Å². The first-order chi connectivity index (χ1) is 17.9. The van der Waals surface area contributed by atoms with E-state index in [1.807, 2.05) is 47.4 Å². The molecule has 0 spiro atoms. The van der Waals surface area contributed by atoms with E-state index < -0.39 is 11.7 Å². The summed E-state index contributed by atoms with van der Waals surface area (Å²) in [4.78, 5) is 15.3. The summed E-state index contributed by atoms with van der Waals surface area (Å²) in [6, 6.07) is 17.3. The summed E-state index contributed by atoms with van der Waals surface area (Å²) in [6.45, 7) is 1.72. The third-order valence-corrected chi connectivity index (χ3v) is 8.19. The molecule has 0 aromatic heterocycles. The highest BCUT2D eigenvalue weighted by molar-refractivity contribution is 5.79. The normalized spacial score (nSPS) is 25.4.